The predicted octanol–water partition coefficient (Wildman–Crippen LogP) is 2.99. The Morgan fingerprint density at radius 1 is 1.23 bits per heavy atom. The highest BCUT2D eigenvalue weighted by Gasteiger charge is 2.55. The fourth-order valence-corrected chi connectivity index (χ4v) is 5.01. The number of anilines is 1. The topological polar surface area (TPSA) is 100 Å². The average molecular weight is 478 g/mol. The van der Waals surface area contributed by atoms with Gasteiger partial charge in [0.25, 0.3) is 5.91 Å². The fourth-order valence-electron chi connectivity index (χ4n) is 5.01. The second-order valence-electron chi connectivity index (χ2n) is 9.58. The molecule has 1 saturated carbocycles. The summed E-state index contributed by atoms with van der Waals surface area (Å²) in [6, 6.07) is 8.00. The largest absolute Gasteiger partial charge is 0.395 e. The molecule has 1 aliphatic heterocycles. The van der Waals surface area contributed by atoms with Gasteiger partial charge in [0.2, 0.25) is 5.91 Å². The van der Waals surface area contributed by atoms with E-state index in [2.05, 4.69) is 15.4 Å². The molecule has 5 rings (SSSR count). The number of benzene rings is 1. The average Bonchev–Trinajstić information content (AvgIpc) is 3.50. The molecule has 2 N–H and O–H groups in total. The number of amides is 2. The fraction of sp³-hybridized carbons (Fsp3) is 0.385. The van der Waals surface area contributed by atoms with Crippen molar-refractivity contribution in [3.63, 3.8) is 0 Å². The van der Waals surface area contributed by atoms with Gasteiger partial charge in [-0.05, 0) is 73.6 Å². The van der Waals surface area contributed by atoms with Crippen molar-refractivity contribution < 1.29 is 19.1 Å². The van der Waals surface area contributed by atoms with Crippen molar-refractivity contribution in [2.45, 2.75) is 32.7 Å². The van der Waals surface area contributed by atoms with Crippen molar-refractivity contribution >= 4 is 17.5 Å². The minimum Gasteiger partial charge on any atom is -0.395 e. The number of halogens is 1. The molecule has 0 spiro atoms. The van der Waals surface area contributed by atoms with Crippen LogP contribution in [0.3, 0.4) is 0 Å². The summed E-state index contributed by atoms with van der Waals surface area (Å²) in [5.74, 6) is -0.660. The second kappa shape index (κ2) is 8.88. The van der Waals surface area contributed by atoms with Crippen LogP contribution in [-0.4, -0.2) is 44.8 Å². The summed E-state index contributed by atoms with van der Waals surface area (Å²) < 4.78 is 15.9. The first-order valence-corrected chi connectivity index (χ1v) is 11.8. The highest BCUT2D eigenvalue weighted by molar-refractivity contribution is 6.01. The molecule has 0 unspecified atom stereocenters. The Bertz CT molecular complexity index is 1300. The van der Waals surface area contributed by atoms with Gasteiger partial charge < -0.3 is 15.3 Å². The zero-order valence-electron chi connectivity index (χ0n) is 19.8. The molecule has 3 aromatic rings. The van der Waals surface area contributed by atoms with Crippen molar-refractivity contribution in [1.29, 1.82) is 0 Å². The highest BCUT2D eigenvalue weighted by atomic mass is 19.1. The van der Waals surface area contributed by atoms with E-state index in [1.54, 1.807) is 48.1 Å². The van der Waals surface area contributed by atoms with Crippen LogP contribution >= 0.6 is 0 Å². The molecular formula is C26H28FN5O3. The lowest BCUT2D eigenvalue weighted by atomic mass is 9.82. The number of carbonyl (C=O) groups excluding carboxylic acids is 2. The summed E-state index contributed by atoms with van der Waals surface area (Å²) in [5.41, 5.74) is 2.76. The number of pyridine rings is 1. The first-order chi connectivity index (χ1) is 16.8. The van der Waals surface area contributed by atoms with E-state index in [1.165, 1.54) is 12.1 Å². The monoisotopic (exact) mass is 477 g/mol. The number of nitrogens with one attached hydrogen (secondary N) is 1. The Balaban J connectivity index is 1.32. The van der Waals surface area contributed by atoms with Crippen LogP contribution in [0.2, 0.25) is 0 Å². The van der Waals surface area contributed by atoms with Crippen LogP contribution in [0.1, 0.15) is 41.0 Å². The summed E-state index contributed by atoms with van der Waals surface area (Å²) in [6.45, 7) is 2.24. The van der Waals surface area contributed by atoms with Crippen LogP contribution in [0.5, 0.6) is 0 Å². The molecule has 2 fully saturated rings. The van der Waals surface area contributed by atoms with Crippen molar-refractivity contribution in [2.75, 3.05) is 18.1 Å². The first kappa shape index (κ1) is 23.2. The van der Waals surface area contributed by atoms with Crippen molar-refractivity contribution in [3.8, 4) is 11.1 Å². The number of hydrogen-bond acceptors (Lipinski definition) is 5. The van der Waals surface area contributed by atoms with E-state index in [0.29, 0.717) is 35.5 Å². The lowest BCUT2D eigenvalue weighted by Crippen LogP contribution is -2.39. The maximum atomic E-state index is 14.2. The normalized spacial score (nSPS) is 19.9. The molecule has 1 aromatic carbocycles. The zero-order valence-corrected chi connectivity index (χ0v) is 19.8. The van der Waals surface area contributed by atoms with Gasteiger partial charge in [-0.1, -0.05) is 0 Å². The van der Waals surface area contributed by atoms with Gasteiger partial charge in [-0.15, -0.1) is 0 Å². The smallest absolute Gasteiger partial charge is 0.270 e. The van der Waals surface area contributed by atoms with Crippen LogP contribution in [0.25, 0.3) is 11.1 Å². The molecule has 1 atom stereocenters. The summed E-state index contributed by atoms with van der Waals surface area (Å²) in [7, 11) is 1.79. The minimum absolute atomic E-state index is 0.0813. The summed E-state index contributed by atoms with van der Waals surface area (Å²) in [6.07, 6.45) is 5.99. The van der Waals surface area contributed by atoms with E-state index in [-0.39, 0.29) is 30.7 Å². The second-order valence-corrected chi connectivity index (χ2v) is 9.58. The third-order valence-corrected chi connectivity index (χ3v) is 7.02. The van der Waals surface area contributed by atoms with Crippen LogP contribution in [0.4, 0.5) is 10.1 Å². The van der Waals surface area contributed by atoms with E-state index in [9.17, 15) is 19.1 Å². The number of aryl methyl sites for hydroxylation is 2. The molecule has 35 heavy (non-hydrogen) atoms. The molecule has 2 aliphatic rings. The minimum atomic E-state index is -0.705. The van der Waals surface area contributed by atoms with E-state index in [4.69, 9.17) is 0 Å². The van der Waals surface area contributed by atoms with Gasteiger partial charge in [0.15, 0.2) is 0 Å². The zero-order chi connectivity index (χ0) is 24.7. The molecule has 0 radical (unpaired) electrons. The van der Waals surface area contributed by atoms with Crippen LogP contribution in [0, 0.1) is 24.1 Å². The summed E-state index contributed by atoms with van der Waals surface area (Å²) >= 11 is 0. The van der Waals surface area contributed by atoms with Crippen LogP contribution < -0.4 is 10.2 Å². The number of aromatic nitrogens is 3. The Labute approximate surface area is 202 Å². The third kappa shape index (κ3) is 4.43. The summed E-state index contributed by atoms with van der Waals surface area (Å²) in [4.78, 5) is 32.2. The first-order valence-electron chi connectivity index (χ1n) is 11.8. The highest BCUT2D eigenvalue weighted by Crippen LogP contribution is 2.52. The molecule has 0 bridgehead atoms. The van der Waals surface area contributed by atoms with Gasteiger partial charge in [-0.25, -0.2) is 9.37 Å². The van der Waals surface area contributed by atoms with E-state index >= 15 is 0 Å². The third-order valence-electron chi connectivity index (χ3n) is 7.02. The van der Waals surface area contributed by atoms with Gasteiger partial charge in [-0.2, -0.15) is 5.10 Å². The van der Waals surface area contributed by atoms with Gasteiger partial charge in [-0.3, -0.25) is 14.3 Å². The SMILES string of the molecule is Cc1cc(N2CC[C@@](CO)(C3CC3)C2=O)cc(C(=O)NCc2cc(F)cc(-c3cnn(C)c3)c2)n1. The molecule has 8 nitrogen and oxygen atoms in total. The Morgan fingerprint density at radius 2 is 2.03 bits per heavy atom. The van der Waals surface area contributed by atoms with Crippen LogP contribution in [-0.2, 0) is 18.4 Å². The van der Waals surface area contributed by atoms with Crippen molar-refractivity contribution in [1.82, 2.24) is 20.1 Å². The molecule has 1 aliphatic carbocycles. The maximum Gasteiger partial charge on any atom is 0.270 e. The van der Waals surface area contributed by atoms with Gasteiger partial charge >= 0.3 is 0 Å². The lowest BCUT2D eigenvalue weighted by molar-refractivity contribution is -0.128. The number of carbonyl (C=O) groups is 2. The Kier molecular flexibility index (Phi) is 5.88. The quantitative estimate of drug-likeness (QED) is 0.545. The summed E-state index contributed by atoms with van der Waals surface area (Å²) in [5, 5.41) is 16.9. The van der Waals surface area contributed by atoms with Crippen LogP contribution in [0.15, 0.2) is 42.7 Å². The number of hydrogen-bond donors (Lipinski definition) is 2. The van der Waals surface area contributed by atoms with Crippen molar-refractivity contribution in [2.24, 2.45) is 18.4 Å². The molecule has 2 aromatic heterocycles. The van der Waals surface area contributed by atoms with E-state index < -0.39 is 17.1 Å². The van der Waals surface area contributed by atoms with Crippen molar-refractivity contribution in [3.05, 3.63) is 65.5 Å². The standard InChI is InChI=1S/C26H28FN5O3/c1-16-7-22(32-6-5-26(15-33,25(32)35)20-3-4-20)11-23(30-16)24(34)28-12-17-8-18(10-21(27)9-17)19-13-29-31(2)14-19/h7-11,13-14,20,33H,3-6,12,15H2,1-2H3,(H,28,34)/t26-/m1/s1. The van der Waals surface area contributed by atoms with Gasteiger partial charge in [0.05, 0.1) is 18.2 Å². The lowest BCUT2D eigenvalue weighted by Gasteiger charge is -2.25. The molecule has 2 amide bonds. The molecule has 3 heterocycles. The predicted molar refractivity (Wildman–Crippen MR) is 128 cm³/mol. The Morgan fingerprint density at radius 3 is 2.71 bits per heavy atom. The Hall–Kier alpha value is -3.59. The maximum absolute atomic E-state index is 14.2. The number of rotatable bonds is 7. The molecule has 9 heteroatoms. The van der Waals surface area contributed by atoms with Gasteiger partial charge in [0, 0.05) is 43.3 Å². The molecule has 182 valence electrons. The number of aliphatic hydroxyl groups excluding tert-OH is 1. The van der Waals surface area contributed by atoms with Gasteiger partial charge in [0.1, 0.15) is 11.5 Å². The number of aliphatic hydroxyl groups is 1. The van der Waals surface area contributed by atoms with E-state index in [0.717, 1.165) is 18.4 Å². The molecular weight excluding hydrogens is 449 g/mol. The molecule has 1 saturated heterocycles. The number of nitrogens with zero attached hydrogens (tertiary/aromatic N) is 4. The van der Waals surface area contributed by atoms with E-state index in [1.807, 2.05) is 6.07 Å².